The highest BCUT2D eigenvalue weighted by Gasteiger charge is 2.27. The van der Waals surface area contributed by atoms with Crippen LogP contribution in [0.25, 0.3) is 0 Å². The first-order valence-corrected chi connectivity index (χ1v) is 7.68. The highest BCUT2D eigenvalue weighted by atomic mass is 32.1. The SMILES string of the molecule is Cc1ccc(N2CCOC(c3cccs3)C2)c([N+](=O)[O-])c1. The van der Waals surface area contributed by atoms with Gasteiger partial charge in [0.1, 0.15) is 11.8 Å². The summed E-state index contributed by atoms with van der Waals surface area (Å²) in [7, 11) is 0. The molecule has 1 aliphatic rings. The predicted octanol–water partition coefficient (Wildman–Crippen LogP) is 3.54. The molecule has 0 radical (unpaired) electrons. The largest absolute Gasteiger partial charge is 0.369 e. The number of aryl methyl sites for hydroxylation is 1. The van der Waals surface area contributed by atoms with Crippen molar-refractivity contribution in [1.29, 1.82) is 0 Å². The normalized spacial score (nSPS) is 18.7. The third-order valence-corrected chi connectivity index (χ3v) is 4.56. The van der Waals surface area contributed by atoms with Crippen LogP contribution in [0.5, 0.6) is 0 Å². The molecule has 2 aromatic rings. The molecule has 5 nitrogen and oxygen atoms in total. The maximum atomic E-state index is 11.3. The van der Waals surface area contributed by atoms with Gasteiger partial charge in [0.2, 0.25) is 0 Å². The van der Waals surface area contributed by atoms with E-state index >= 15 is 0 Å². The molecule has 0 bridgehead atoms. The first-order chi connectivity index (χ1) is 10.1. The Balaban J connectivity index is 1.88. The maximum absolute atomic E-state index is 11.3. The fraction of sp³-hybridized carbons (Fsp3) is 0.333. The Morgan fingerprint density at radius 2 is 2.29 bits per heavy atom. The van der Waals surface area contributed by atoms with Gasteiger partial charge >= 0.3 is 0 Å². The number of hydrogen-bond donors (Lipinski definition) is 0. The van der Waals surface area contributed by atoms with Crippen LogP contribution in [-0.4, -0.2) is 24.6 Å². The van der Waals surface area contributed by atoms with Gasteiger partial charge in [0, 0.05) is 24.0 Å². The molecule has 0 spiro atoms. The van der Waals surface area contributed by atoms with E-state index in [0.29, 0.717) is 25.4 Å². The average Bonchev–Trinajstić information content (AvgIpc) is 3.01. The minimum atomic E-state index is -0.308. The monoisotopic (exact) mass is 304 g/mol. The van der Waals surface area contributed by atoms with Crippen molar-refractivity contribution in [3.8, 4) is 0 Å². The van der Waals surface area contributed by atoms with Gasteiger partial charge in [-0.25, -0.2) is 0 Å². The second-order valence-electron chi connectivity index (χ2n) is 5.07. The van der Waals surface area contributed by atoms with E-state index in [-0.39, 0.29) is 16.7 Å². The minimum Gasteiger partial charge on any atom is -0.369 e. The number of nitro benzene ring substituents is 1. The van der Waals surface area contributed by atoms with Crippen molar-refractivity contribution in [2.24, 2.45) is 0 Å². The van der Waals surface area contributed by atoms with Crippen LogP contribution in [0.4, 0.5) is 11.4 Å². The summed E-state index contributed by atoms with van der Waals surface area (Å²) >= 11 is 1.65. The van der Waals surface area contributed by atoms with Gasteiger partial charge in [-0.05, 0) is 30.0 Å². The molecule has 1 atom stereocenters. The molecule has 110 valence electrons. The Hall–Kier alpha value is -1.92. The van der Waals surface area contributed by atoms with Crippen molar-refractivity contribution in [2.45, 2.75) is 13.0 Å². The lowest BCUT2D eigenvalue weighted by molar-refractivity contribution is -0.384. The second kappa shape index (κ2) is 5.83. The number of morpholine rings is 1. The summed E-state index contributed by atoms with van der Waals surface area (Å²) in [5.74, 6) is 0. The van der Waals surface area contributed by atoms with Crippen LogP contribution in [0.3, 0.4) is 0 Å². The van der Waals surface area contributed by atoms with Gasteiger partial charge in [-0.2, -0.15) is 0 Å². The van der Waals surface area contributed by atoms with Crippen molar-refractivity contribution in [2.75, 3.05) is 24.6 Å². The third kappa shape index (κ3) is 2.91. The summed E-state index contributed by atoms with van der Waals surface area (Å²) in [5.41, 5.74) is 1.74. The van der Waals surface area contributed by atoms with Gasteiger partial charge in [-0.3, -0.25) is 10.1 Å². The number of hydrogen-bond acceptors (Lipinski definition) is 5. The molecule has 3 rings (SSSR count). The van der Waals surface area contributed by atoms with E-state index in [1.54, 1.807) is 17.4 Å². The molecule has 0 saturated carbocycles. The van der Waals surface area contributed by atoms with E-state index in [0.717, 1.165) is 10.4 Å². The number of ether oxygens (including phenoxy) is 1. The molecule has 1 unspecified atom stereocenters. The Morgan fingerprint density at radius 1 is 1.43 bits per heavy atom. The predicted molar refractivity (Wildman–Crippen MR) is 83.1 cm³/mol. The number of nitro groups is 1. The molecule has 0 N–H and O–H groups in total. The highest BCUT2D eigenvalue weighted by Crippen LogP contribution is 2.34. The minimum absolute atomic E-state index is 0.0142. The molecule has 0 amide bonds. The van der Waals surface area contributed by atoms with Crippen molar-refractivity contribution < 1.29 is 9.66 Å². The summed E-state index contributed by atoms with van der Waals surface area (Å²) < 4.78 is 5.80. The van der Waals surface area contributed by atoms with Crippen LogP contribution in [0.1, 0.15) is 16.5 Å². The maximum Gasteiger partial charge on any atom is 0.292 e. The summed E-state index contributed by atoms with van der Waals surface area (Å²) in [6, 6.07) is 9.42. The molecule has 1 saturated heterocycles. The molecule has 0 aliphatic carbocycles. The lowest BCUT2D eigenvalue weighted by Gasteiger charge is -2.33. The van der Waals surface area contributed by atoms with Gasteiger partial charge in [0.05, 0.1) is 11.5 Å². The summed E-state index contributed by atoms with van der Waals surface area (Å²) in [6.07, 6.45) is -0.0142. The van der Waals surface area contributed by atoms with E-state index in [9.17, 15) is 10.1 Å². The van der Waals surface area contributed by atoms with E-state index in [1.165, 1.54) is 0 Å². The summed E-state index contributed by atoms with van der Waals surface area (Å²) in [4.78, 5) is 14.2. The molecule has 1 aromatic heterocycles. The van der Waals surface area contributed by atoms with Crippen LogP contribution < -0.4 is 4.90 Å². The summed E-state index contributed by atoms with van der Waals surface area (Å²) in [6.45, 7) is 3.76. The lowest BCUT2D eigenvalue weighted by Crippen LogP contribution is -2.38. The highest BCUT2D eigenvalue weighted by molar-refractivity contribution is 7.10. The zero-order chi connectivity index (χ0) is 14.8. The second-order valence-corrected chi connectivity index (χ2v) is 6.05. The molecule has 1 fully saturated rings. The Bertz CT molecular complexity index is 642. The van der Waals surface area contributed by atoms with Gasteiger partial charge in [0.15, 0.2) is 0 Å². The fourth-order valence-corrected chi connectivity index (χ4v) is 3.33. The number of rotatable bonds is 3. The topological polar surface area (TPSA) is 55.6 Å². The van der Waals surface area contributed by atoms with E-state index in [1.807, 2.05) is 41.5 Å². The van der Waals surface area contributed by atoms with Crippen molar-refractivity contribution in [3.63, 3.8) is 0 Å². The lowest BCUT2D eigenvalue weighted by atomic mass is 10.1. The third-order valence-electron chi connectivity index (χ3n) is 3.60. The van der Waals surface area contributed by atoms with Crippen molar-refractivity contribution in [1.82, 2.24) is 0 Å². The molecular weight excluding hydrogens is 288 g/mol. The Kier molecular flexibility index (Phi) is 3.90. The summed E-state index contributed by atoms with van der Waals surface area (Å²) in [5, 5.41) is 13.3. The van der Waals surface area contributed by atoms with Crippen LogP contribution in [-0.2, 0) is 4.74 Å². The number of thiophene rings is 1. The van der Waals surface area contributed by atoms with Gasteiger partial charge < -0.3 is 9.64 Å². The zero-order valence-corrected chi connectivity index (χ0v) is 12.5. The van der Waals surface area contributed by atoms with Crippen LogP contribution in [0.2, 0.25) is 0 Å². The average molecular weight is 304 g/mol. The first-order valence-electron chi connectivity index (χ1n) is 6.80. The molecule has 21 heavy (non-hydrogen) atoms. The van der Waals surface area contributed by atoms with Gasteiger partial charge in [0.25, 0.3) is 5.69 Å². The van der Waals surface area contributed by atoms with Gasteiger partial charge in [-0.1, -0.05) is 12.1 Å². The van der Waals surface area contributed by atoms with Gasteiger partial charge in [-0.15, -0.1) is 11.3 Å². The Labute approximate surface area is 126 Å². The molecule has 6 heteroatoms. The molecule has 2 heterocycles. The van der Waals surface area contributed by atoms with E-state index < -0.39 is 0 Å². The quantitative estimate of drug-likeness (QED) is 0.643. The molecule has 1 aromatic carbocycles. The standard InChI is InChI=1S/C15H16N2O3S/c1-11-4-5-12(13(9-11)17(18)19)16-6-7-20-14(10-16)15-3-2-8-21-15/h2-5,8-9,14H,6-7,10H2,1H3. The Morgan fingerprint density at radius 3 is 3.00 bits per heavy atom. The number of benzene rings is 1. The number of nitrogens with zero attached hydrogens (tertiary/aromatic N) is 2. The van der Waals surface area contributed by atoms with E-state index in [2.05, 4.69) is 0 Å². The van der Waals surface area contributed by atoms with Crippen LogP contribution in [0.15, 0.2) is 35.7 Å². The first kappa shape index (κ1) is 14.0. The van der Waals surface area contributed by atoms with Crippen LogP contribution in [0, 0.1) is 17.0 Å². The van der Waals surface area contributed by atoms with Crippen molar-refractivity contribution in [3.05, 3.63) is 56.3 Å². The zero-order valence-electron chi connectivity index (χ0n) is 11.7. The van der Waals surface area contributed by atoms with E-state index in [4.69, 9.17) is 4.74 Å². The smallest absolute Gasteiger partial charge is 0.292 e. The van der Waals surface area contributed by atoms with Crippen molar-refractivity contribution >= 4 is 22.7 Å². The molecule has 1 aliphatic heterocycles. The van der Waals surface area contributed by atoms with Crippen LogP contribution >= 0.6 is 11.3 Å². The molecular formula is C15H16N2O3S. The number of anilines is 1. The fourth-order valence-electron chi connectivity index (χ4n) is 2.56.